The normalized spacial score (nSPS) is 11.0. The Labute approximate surface area is 95.4 Å². The lowest BCUT2D eigenvalue weighted by Crippen LogP contribution is -2.05. The van der Waals surface area contributed by atoms with Crippen molar-refractivity contribution in [1.29, 1.82) is 0 Å². The summed E-state index contributed by atoms with van der Waals surface area (Å²) in [6, 6.07) is 3.92. The lowest BCUT2D eigenvalue weighted by molar-refractivity contribution is 0.656. The molecule has 0 N–H and O–H groups in total. The third-order valence-electron chi connectivity index (χ3n) is 2.55. The van der Waals surface area contributed by atoms with Gasteiger partial charge in [-0.1, -0.05) is 13.8 Å². The zero-order chi connectivity index (χ0) is 11.5. The molecule has 2 aromatic rings. The van der Waals surface area contributed by atoms with Gasteiger partial charge in [0.25, 0.3) is 0 Å². The van der Waals surface area contributed by atoms with E-state index in [2.05, 4.69) is 40.5 Å². The van der Waals surface area contributed by atoms with Gasteiger partial charge < -0.3 is 4.57 Å². The van der Waals surface area contributed by atoms with E-state index in [0.717, 1.165) is 23.8 Å². The van der Waals surface area contributed by atoms with Gasteiger partial charge in [-0.15, -0.1) is 10.2 Å². The molecule has 0 aliphatic heterocycles. The lowest BCUT2D eigenvalue weighted by atomic mass is 10.2. The first-order valence-corrected chi connectivity index (χ1v) is 5.57. The van der Waals surface area contributed by atoms with Gasteiger partial charge in [0.1, 0.15) is 5.82 Å². The maximum Gasteiger partial charge on any atom is 0.164 e. The number of nitrogens with zero attached hydrogens (tertiary/aromatic N) is 4. The van der Waals surface area contributed by atoms with Crippen LogP contribution in [-0.2, 0) is 6.54 Å². The summed E-state index contributed by atoms with van der Waals surface area (Å²) in [6.45, 7) is 7.26. The van der Waals surface area contributed by atoms with Gasteiger partial charge in [-0.3, -0.25) is 4.98 Å². The van der Waals surface area contributed by atoms with Gasteiger partial charge in [-0.05, 0) is 19.1 Å². The maximum absolute atomic E-state index is 4.26. The zero-order valence-electron chi connectivity index (χ0n) is 9.88. The van der Waals surface area contributed by atoms with Crippen LogP contribution in [0.1, 0.15) is 32.5 Å². The van der Waals surface area contributed by atoms with Crippen molar-refractivity contribution < 1.29 is 0 Å². The Bertz CT molecular complexity index is 459. The summed E-state index contributed by atoms with van der Waals surface area (Å²) >= 11 is 0. The van der Waals surface area contributed by atoms with Crippen LogP contribution in [0.2, 0.25) is 0 Å². The number of hydrogen-bond acceptors (Lipinski definition) is 3. The second-order valence-corrected chi connectivity index (χ2v) is 4.02. The lowest BCUT2D eigenvalue weighted by Gasteiger charge is -2.09. The SMILES string of the molecule is CCn1c(-c2ccncc2)nnc1C(C)C. The summed E-state index contributed by atoms with van der Waals surface area (Å²) in [7, 11) is 0. The highest BCUT2D eigenvalue weighted by molar-refractivity contribution is 5.54. The van der Waals surface area contributed by atoms with Crippen LogP contribution in [0, 0.1) is 0 Å². The molecule has 2 rings (SSSR count). The molecule has 0 radical (unpaired) electrons. The smallest absolute Gasteiger partial charge is 0.164 e. The van der Waals surface area contributed by atoms with Gasteiger partial charge >= 0.3 is 0 Å². The van der Waals surface area contributed by atoms with Crippen LogP contribution in [0.4, 0.5) is 0 Å². The highest BCUT2D eigenvalue weighted by atomic mass is 15.3. The first-order chi connectivity index (χ1) is 7.74. The Kier molecular flexibility index (Phi) is 2.99. The molecule has 0 saturated carbocycles. The molecule has 16 heavy (non-hydrogen) atoms. The van der Waals surface area contributed by atoms with E-state index in [4.69, 9.17) is 0 Å². The van der Waals surface area contributed by atoms with E-state index < -0.39 is 0 Å². The van der Waals surface area contributed by atoms with Crippen molar-refractivity contribution in [3.63, 3.8) is 0 Å². The summed E-state index contributed by atoms with van der Waals surface area (Å²) in [5.41, 5.74) is 1.07. The molecule has 0 saturated heterocycles. The molecule has 0 bridgehead atoms. The van der Waals surface area contributed by atoms with Crippen LogP contribution in [0.5, 0.6) is 0 Å². The Hall–Kier alpha value is -1.71. The third kappa shape index (κ3) is 1.83. The fraction of sp³-hybridized carbons (Fsp3) is 0.417. The predicted octanol–water partition coefficient (Wildman–Crippen LogP) is 2.48. The van der Waals surface area contributed by atoms with Crippen molar-refractivity contribution in [3.05, 3.63) is 30.4 Å². The van der Waals surface area contributed by atoms with Crippen LogP contribution >= 0.6 is 0 Å². The summed E-state index contributed by atoms with van der Waals surface area (Å²) in [5, 5.41) is 8.52. The van der Waals surface area contributed by atoms with Gasteiger partial charge in [0, 0.05) is 30.4 Å². The van der Waals surface area contributed by atoms with E-state index in [1.54, 1.807) is 12.4 Å². The fourth-order valence-corrected chi connectivity index (χ4v) is 1.77. The monoisotopic (exact) mass is 216 g/mol. The van der Waals surface area contributed by atoms with E-state index in [1.807, 2.05) is 12.1 Å². The van der Waals surface area contributed by atoms with E-state index in [9.17, 15) is 0 Å². The Balaban J connectivity index is 2.50. The molecule has 0 aliphatic carbocycles. The number of pyridine rings is 1. The molecule has 0 aromatic carbocycles. The van der Waals surface area contributed by atoms with Crippen molar-refractivity contribution in [2.24, 2.45) is 0 Å². The van der Waals surface area contributed by atoms with Crippen LogP contribution < -0.4 is 0 Å². The minimum Gasteiger partial charge on any atom is -0.311 e. The number of rotatable bonds is 3. The second kappa shape index (κ2) is 4.43. The Morgan fingerprint density at radius 2 is 1.88 bits per heavy atom. The van der Waals surface area contributed by atoms with E-state index in [-0.39, 0.29) is 0 Å². The molecular weight excluding hydrogens is 200 g/mol. The minimum absolute atomic E-state index is 0.392. The zero-order valence-corrected chi connectivity index (χ0v) is 9.88. The molecule has 4 nitrogen and oxygen atoms in total. The van der Waals surface area contributed by atoms with Gasteiger partial charge in [-0.2, -0.15) is 0 Å². The molecule has 4 heteroatoms. The molecular formula is C12H16N4. The van der Waals surface area contributed by atoms with Crippen molar-refractivity contribution in [1.82, 2.24) is 19.7 Å². The topological polar surface area (TPSA) is 43.6 Å². The molecule has 0 aliphatic rings. The van der Waals surface area contributed by atoms with Crippen LogP contribution in [0.3, 0.4) is 0 Å². The van der Waals surface area contributed by atoms with Gasteiger partial charge in [0.15, 0.2) is 5.82 Å². The molecule has 0 atom stereocenters. The second-order valence-electron chi connectivity index (χ2n) is 4.02. The molecule has 2 heterocycles. The van der Waals surface area contributed by atoms with E-state index in [0.29, 0.717) is 5.92 Å². The van der Waals surface area contributed by atoms with Crippen molar-refractivity contribution in [2.45, 2.75) is 33.2 Å². The largest absolute Gasteiger partial charge is 0.311 e. The highest BCUT2D eigenvalue weighted by Crippen LogP contribution is 2.21. The summed E-state index contributed by atoms with van der Waals surface area (Å²) in [5.74, 6) is 2.35. The van der Waals surface area contributed by atoms with Gasteiger partial charge in [-0.25, -0.2) is 0 Å². The predicted molar refractivity (Wildman–Crippen MR) is 63.0 cm³/mol. The average molecular weight is 216 g/mol. The van der Waals surface area contributed by atoms with Crippen molar-refractivity contribution >= 4 is 0 Å². The third-order valence-corrected chi connectivity index (χ3v) is 2.55. The molecule has 2 aromatic heterocycles. The first kappa shape index (κ1) is 10.8. The molecule has 0 amide bonds. The highest BCUT2D eigenvalue weighted by Gasteiger charge is 2.14. The minimum atomic E-state index is 0.392. The Morgan fingerprint density at radius 1 is 1.19 bits per heavy atom. The Morgan fingerprint density at radius 3 is 2.44 bits per heavy atom. The van der Waals surface area contributed by atoms with E-state index >= 15 is 0 Å². The van der Waals surface area contributed by atoms with E-state index in [1.165, 1.54) is 0 Å². The van der Waals surface area contributed by atoms with Gasteiger partial charge in [0.05, 0.1) is 0 Å². The molecule has 0 spiro atoms. The van der Waals surface area contributed by atoms with Crippen molar-refractivity contribution in [2.75, 3.05) is 0 Å². The number of hydrogen-bond donors (Lipinski definition) is 0. The summed E-state index contributed by atoms with van der Waals surface area (Å²) < 4.78 is 2.15. The fourth-order valence-electron chi connectivity index (χ4n) is 1.77. The molecule has 0 fully saturated rings. The molecule has 84 valence electrons. The van der Waals surface area contributed by atoms with Gasteiger partial charge in [0.2, 0.25) is 0 Å². The number of aromatic nitrogens is 4. The standard InChI is InChI=1S/C12H16N4/c1-4-16-11(9(2)3)14-15-12(16)10-5-7-13-8-6-10/h5-9H,4H2,1-3H3. The first-order valence-electron chi connectivity index (χ1n) is 5.57. The quantitative estimate of drug-likeness (QED) is 0.791. The van der Waals surface area contributed by atoms with Crippen LogP contribution in [0.25, 0.3) is 11.4 Å². The van der Waals surface area contributed by atoms with Crippen LogP contribution in [-0.4, -0.2) is 19.7 Å². The maximum atomic E-state index is 4.26. The summed E-state index contributed by atoms with van der Waals surface area (Å²) in [6.07, 6.45) is 3.55. The summed E-state index contributed by atoms with van der Waals surface area (Å²) in [4.78, 5) is 4.01. The van der Waals surface area contributed by atoms with Crippen molar-refractivity contribution in [3.8, 4) is 11.4 Å². The average Bonchev–Trinajstić information content (AvgIpc) is 2.73. The van der Waals surface area contributed by atoms with Crippen LogP contribution in [0.15, 0.2) is 24.5 Å². The molecule has 0 unspecified atom stereocenters.